The predicted molar refractivity (Wildman–Crippen MR) is 54.2 cm³/mol. The molecule has 0 unspecified atom stereocenters. The lowest BCUT2D eigenvalue weighted by atomic mass is 10.4. The molecule has 0 aliphatic carbocycles. The number of hydrogen-bond acceptors (Lipinski definition) is 6. The van der Waals surface area contributed by atoms with Gasteiger partial charge in [0.1, 0.15) is 5.78 Å². The number of rotatable bonds is 9. The highest BCUT2D eigenvalue weighted by Gasteiger charge is 1.95. The summed E-state index contributed by atoms with van der Waals surface area (Å²) in [6, 6.07) is 0. The van der Waals surface area contributed by atoms with Crippen molar-refractivity contribution in [1.82, 2.24) is 0 Å². The van der Waals surface area contributed by atoms with Crippen LogP contribution >= 0.6 is 23.8 Å². The molecule has 0 fully saturated rings. The highest BCUT2D eigenvalue weighted by molar-refractivity contribution is 7.99. The van der Waals surface area contributed by atoms with E-state index in [9.17, 15) is 4.79 Å². The molecule has 13 heavy (non-hydrogen) atoms. The van der Waals surface area contributed by atoms with E-state index in [1.807, 2.05) is 0 Å². The topological polar surface area (TPSA) is 55.8 Å². The Kier molecular flexibility index (Phi) is 10.5. The van der Waals surface area contributed by atoms with Gasteiger partial charge in [-0.15, -0.1) is 4.33 Å². The Bertz CT molecular complexity index is 132. The summed E-state index contributed by atoms with van der Waals surface area (Å²) < 4.78 is 4.18. The molecule has 0 aromatic carbocycles. The van der Waals surface area contributed by atoms with Crippen molar-refractivity contribution in [1.29, 1.82) is 0 Å². The van der Waals surface area contributed by atoms with Gasteiger partial charge in [-0.1, -0.05) is 5.04 Å². The first-order valence-electron chi connectivity index (χ1n) is 3.78. The highest BCUT2D eigenvalue weighted by atomic mass is 32.2. The first-order valence-corrected chi connectivity index (χ1v) is 5.85. The second-order valence-corrected chi connectivity index (χ2v) is 4.14. The molecule has 0 amide bonds. The molecule has 0 bridgehead atoms. The number of hydrogen-bond donors (Lipinski definition) is 1. The minimum Gasteiger partial charge on any atom is -0.300 e. The van der Waals surface area contributed by atoms with E-state index in [1.165, 1.54) is 0 Å². The first kappa shape index (κ1) is 13.2. The van der Waals surface area contributed by atoms with Crippen LogP contribution in [0.15, 0.2) is 0 Å². The van der Waals surface area contributed by atoms with Crippen molar-refractivity contribution < 1.29 is 19.4 Å². The largest absolute Gasteiger partial charge is 0.300 e. The SMILES string of the molecule is CC(=O)[CH]CSCCCSOOO. The monoisotopic (exact) mass is 225 g/mol. The van der Waals surface area contributed by atoms with Crippen molar-refractivity contribution in [2.75, 3.05) is 17.3 Å². The third kappa shape index (κ3) is 12.2. The molecule has 0 aromatic rings. The molecule has 0 saturated heterocycles. The molecule has 1 radical (unpaired) electrons. The lowest BCUT2D eigenvalue weighted by Gasteiger charge is -1.98. The fourth-order valence-corrected chi connectivity index (χ4v) is 1.96. The van der Waals surface area contributed by atoms with Gasteiger partial charge in [0.25, 0.3) is 0 Å². The molecule has 0 aromatic heterocycles. The molecular formula is C7H13O4S2. The number of ketones is 1. The summed E-state index contributed by atoms with van der Waals surface area (Å²) in [5.74, 6) is 2.59. The second kappa shape index (κ2) is 10.3. The Morgan fingerprint density at radius 2 is 2.31 bits per heavy atom. The predicted octanol–water partition coefficient (Wildman–Crippen LogP) is 1.97. The lowest BCUT2D eigenvalue weighted by molar-refractivity contribution is -0.432. The number of Topliss-reactive ketones (excluding diaryl/α,β-unsaturated/α-hetero) is 1. The molecule has 0 saturated carbocycles. The van der Waals surface area contributed by atoms with Gasteiger partial charge in [-0.25, -0.2) is 5.26 Å². The molecule has 6 heteroatoms. The van der Waals surface area contributed by atoms with Crippen molar-refractivity contribution in [2.45, 2.75) is 13.3 Å². The smallest absolute Gasteiger partial charge is 0.134 e. The summed E-state index contributed by atoms with van der Waals surface area (Å²) in [7, 11) is 0. The van der Waals surface area contributed by atoms with Crippen LogP contribution in [0, 0.1) is 6.42 Å². The van der Waals surface area contributed by atoms with Gasteiger partial charge >= 0.3 is 0 Å². The standard InChI is InChI=1S/C7H13O4S2/c1-7(8)3-6-12-4-2-5-13-11-10-9/h3,9H,2,4-6H2,1H3. The quantitative estimate of drug-likeness (QED) is 0.280. The van der Waals surface area contributed by atoms with Crippen LogP contribution in [0.2, 0.25) is 0 Å². The zero-order valence-electron chi connectivity index (χ0n) is 7.39. The molecule has 1 N–H and O–H groups in total. The average molecular weight is 225 g/mol. The van der Waals surface area contributed by atoms with Gasteiger partial charge in [-0.3, -0.25) is 4.79 Å². The van der Waals surface area contributed by atoms with Gasteiger partial charge < -0.3 is 0 Å². The van der Waals surface area contributed by atoms with E-state index in [-0.39, 0.29) is 5.78 Å². The van der Waals surface area contributed by atoms with Gasteiger partial charge in [-0.2, -0.15) is 11.8 Å². The van der Waals surface area contributed by atoms with Crippen LogP contribution in [0.5, 0.6) is 0 Å². The Hall–Kier alpha value is 0.250. The highest BCUT2D eigenvalue weighted by Crippen LogP contribution is 2.09. The minimum atomic E-state index is 0.110. The Morgan fingerprint density at radius 1 is 1.54 bits per heavy atom. The summed E-state index contributed by atoms with van der Waals surface area (Å²) in [6.07, 6.45) is 2.61. The molecule has 77 valence electrons. The van der Waals surface area contributed by atoms with Crippen LogP contribution in [0.25, 0.3) is 0 Å². The Morgan fingerprint density at radius 3 is 2.92 bits per heavy atom. The molecule has 4 nitrogen and oxygen atoms in total. The van der Waals surface area contributed by atoms with E-state index in [2.05, 4.69) is 9.37 Å². The summed E-state index contributed by atoms with van der Waals surface area (Å²) in [5, 5.41) is 11.2. The lowest BCUT2D eigenvalue weighted by Crippen LogP contribution is -1.94. The summed E-state index contributed by atoms with van der Waals surface area (Å²) in [6.45, 7) is 1.54. The number of carbonyl (C=O) groups excluding carboxylic acids is 1. The summed E-state index contributed by atoms with van der Waals surface area (Å²) in [4.78, 5) is 10.5. The zero-order chi connectivity index (χ0) is 9.94. The molecule has 0 atom stereocenters. The zero-order valence-corrected chi connectivity index (χ0v) is 9.03. The van der Waals surface area contributed by atoms with Crippen molar-refractivity contribution in [2.24, 2.45) is 0 Å². The Labute approximate surface area is 86.4 Å². The van der Waals surface area contributed by atoms with E-state index in [0.29, 0.717) is 0 Å². The van der Waals surface area contributed by atoms with E-state index in [0.717, 1.165) is 35.7 Å². The molecule has 0 aliphatic rings. The van der Waals surface area contributed by atoms with Crippen molar-refractivity contribution in [3.05, 3.63) is 6.42 Å². The normalized spacial score (nSPS) is 10.3. The summed E-state index contributed by atoms with van der Waals surface area (Å²) in [5.41, 5.74) is 0. The van der Waals surface area contributed by atoms with E-state index >= 15 is 0 Å². The van der Waals surface area contributed by atoms with Crippen molar-refractivity contribution in [3.63, 3.8) is 0 Å². The molecule has 0 heterocycles. The van der Waals surface area contributed by atoms with Crippen LogP contribution < -0.4 is 0 Å². The van der Waals surface area contributed by atoms with Gasteiger partial charge in [0, 0.05) is 30.0 Å². The fraction of sp³-hybridized carbons (Fsp3) is 0.714. The van der Waals surface area contributed by atoms with E-state index in [1.54, 1.807) is 25.1 Å². The van der Waals surface area contributed by atoms with Gasteiger partial charge in [0.2, 0.25) is 0 Å². The maximum atomic E-state index is 10.5. The summed E-state index contributed by atoms with van der Waals surface area (Å²) >= 11 is 2.75. The maximum Gasteiger partial charge on any atom is 0.134 e. The van der Waals surface area contributed by atoms with Gasteiger partial charge in [0.15, 0.2) is 0 Å². The van der Waals surface area contributed by atoms with Crippen molar-refractivity contribution in [3.8, 4) is 0 Å². The van der Waals surface area contributed by atoms with Crippen LogP contribution in [-0.4, -0.2) is 28.3 Å². The van der Waals surface area contributed by atoms with Gasteiger partial charge in [-0.05, 0) is 19.1 Å². The first-order chi connectivity index (χ1) is 6.27. The van der Waals surface area contributed by atoms with Crippen molar-refractivity contribution >= 4 is 29.6 Å². The number of carbonyl (C=O) groups is 1. The second-order valence-electron chi connectivity index (χ2n) is 2.21. The van der Waals surface area contributed by atoms with Crippen LogP contribution in [0.1, 0.15) is 13.3 Å². The number of thioether (sulfide) groups is 1. The van der Waals surface area contributed by atoms with Crippen LogP contribution in [-0.2, 0) is 14.2 Å². The van der Waals surface area contributed by atoms with Crippen LogP contribution in [0.4, 0.5) is 0 Å². The Balaban J connectivity index is 2.87. The maximum absolute atomic E-state index is 10.5. The van der Waals surface area contributed by atoms with E-state index < -0.39 is 0 Å². The third-order valence-corrected chi connectivity index (χ3v) is 2.68. The molecule has 0 aliphatic heterocycles. The average Bonchev–Trinajstić information content (AvgIpc) is 2.09. The third-order valence-electron chi connectivity index (χ3n) is 1.08. The van der Waals surface area contributed by atoms with Gasteiger partial charge in [0.05, 0.1) is 0 Å². The van der Waals surface area contributed by atoms with E-state index in [4.69, 9.17) is 5.26 Å². The fourth-order valence-electron chi connectivity index (χ4n) is 0.535. The molecule has 0 rings (SSSR count). The molecule has 0 spiro atoms. The minimum absolute atomic E-state index is 0.110. The van der Waals surface area contributed by atoms with Crippen LogP contribution in [0.3, 0.4) is 0 Å². The molecular weight excluding hydrogens is 212 g/mol.